The van der Waals surface area contributed by atoms with Crippen LogP contribution in [0.25, 0.3) is 33.1 Å². The van der Waals surface area contributed by atoms with Gasteiger partial charge in [-0.3, -0.25) is 4.79 Å². The molecule has 0 bridgehead atoms. The molecule has 0 unspecified atom stereocenters. The summed E-state index contributed by atoms with van der Waals surface area (Å²) in [7, 11) is 4.04. The zero-order valence-corrected chi connectivity index (χ0v) is 25.3. The molecule has 2 aliphatic rings. The second-order valence-electron chi connectivity index (χ2n) is 11.3. The Morgan fingerprint density at radius 2 is 2.02 bits per heavy atom. The van der Waals surface area contributed by atoms with E-state index in [0.717, 1.165) is 0 Å². The first kappa shape index (κ1) is 29.2. The molecule has 12 heteroatoms. The van der Waals surface area contributed by atoms with Gasteiger partial charge in [0.05, 0.1) is 29.4 Å². The quantitative estimate of drug-likeness (QED) is 0.272. The van der Waals surface area contributed by atoms with E-state index in [2.05, 4.69) is 22.4 Å². The molecular formula is C31H30Cl2FN7O2. The van der Waals surface area contributed by atoms with Crippen LogP contribution < -0.4 is 4.90 Å². The molecule has 2 saturated heterocycles. The minimum atomic E-state index is -0.649. The smallest absolute Gasteiger partial charge is 0.246 e. The Balaban J connectivity index is 1.55. The number of amides is 1. The number of aromatic nitrogens is 3. The Morgan fingerprint density at radius 1 is 1.26 bits per heavy atom. The van der Waals surface area contributed by atoms with Gasteiger partial charge in [0.15, 0.2) is 11.6 Å². The Hall–Kier alpha value is -3.91. The summed E-state index contributed by atoms with van der Waals surface area (Å²) in [5.74, 6) is -0.349. The molecule has 0 aliphatic carbocycles. The van der Waals surface area contributed by atoms with Crippen LogP contribution in [0.5, 0.6) is 5.75 Å². The van der Waals surface area contributed by atoms with Crippen LogP contribution in [0.15, 0.2) is 43.2 Å². The van der Waals surface area contributed by atoms with Crippen LogP contribution in [0, 0.1) is 17.1 Å². The topological polar surface area (TPSA) is 102 Å². The van der Waals surface area contributed by atoms with Crippen LogP contribution in [0.1, 0.15) is 25.3 Å². The highest BCUT2D eigenvalue weighted by Crippen LogP contribution is 2.44. The zero-order valence-electron chi connectivity index (χ0n) is 23.8. The SMILES string of the molecule is C=CC(=O)N1CC[C@H](n2cnc3c(N4CC(N(C)C)C4)nc4c(F)c(-c5cc(O)ccc5Cl)c(Cl)cc4c32)C[C@H]1CC#N. The molecule has 0 radical (unpaired) electrons. The van der Waals surface area contributed by atoms with Crippen molar-refractivity contribution < 1.29 is 14.3 Å². The molecule has 4 heterocycles. The van der Waals surface area contributed by atoms with Crippen LogP contribution in [-0.4, -0.2) is 81.2 Å². The number of fused-ring (bicyclic) bond motifs is 3. The Kier molecular flexibility index (Phi) is 7.67. The summed E-state index contributed by atoms with van der Waals surface area (Å²) in [5, 5.41) is 20.5. The number of rotatable bonds is 6. The largest absolute Gasteiger partial charge is 0.508 e. The van der Waals surface area contributed by atoms with Crippen LogP contribution in [0.2, 0.25) is 10.0 Å². The van der Waals surface area contributed by atoms with Gasteiger partial charge in [-0.2, -0.15) is 5.26 Å². The molecule has 2 fully saturated rings. The number of carbonyl (C=O) groups is 1. The van der Waals surface area contributed by atoms with E-state index in [0.29, 0.717) is 60.8 Å². The van der Waals surface area contributed by atoms with E-state index in [1.54, 1.807) is 17.3 Å². The molecule has 43 heavy (non-hydrogen) atoms. The third kappa shape index (κ3) is 4.95. The average molecular weight is 623 g/mol. The molecule has 2 aromatic heterocycles. The van der Waals surface area contributed by atoms with Gasteiger partial charge in [-0.15, -0.1) is 0 Å². The van der Waals surface area contributed by atoms with Crippen molar-refractivity contribution in [2.24, 2.45) is 0 Å². The lowest BCUT2D eigenvalue weighted by Gasteiger charge is -2.43. The normalized spacial score (nSPS) is 19.2. The fourth-order valence-electron chi connectivity index (χ4n) is 6.24. The number of anilines is 1. The fraction of sp³-hybridized carbons (Fsp3) is 0.355. The molecule has 1 amide bonds. The summed E-state index contributed by atoms with van der Waals surface area (Å²) in [6, 6.07) is 8.10. The molecule has 2 atom stereocenters. The monoisotopic (exact) mass is 621 g/mol. The molecule has 9 nitrogen and oxygen atoms in total. The Bertz CT molecular complexity index is 1810. The number of hydrogen-bond acceptors (Lipinski definition) is 7. The number of nitriles is 1. The van der Waals surface area contributed by atoms with Crippen molar-refractivity contribution in [2.45, 2.75) is 37.4 Å². The number of hydrogen-bond donors (Lipinski definition) is 1. The van der Waals surface area contributed by atoms with E-state index in [4.69, 9.17) is 33.2 Å². The minimum Gasteiger partial charge on any atom is -0.508 e. The fourth-order valence-corrected chi connectivity index (χ4v) is 6.75. The molecule has 4 aromatic rings. The number of imidazole rings is 1. The lowest BCUT2D eigenvalue weighted by Crippen LogP contribution is -2.57. The molecule has 0 saturated carbocycles. The molecule has 222 valence electrons. The summed E-state index contributed by atoms with van der Waals surface area (Å²) >= 11 is 13.2. The third-order valence-electron chi connectivity index (χ3n) is 8.65. The number of aromatic hydroxyl groups is 1. The van der Waals surface area contributed by atoms with Gasteiger partial charge < -0.3 is 24.4 Å². The van der Waals surface area contributed by atoms with E-state index in [1.165, 1.54) is 24.3 Å². The molecule has 1 N–H and O–H groups in total. The van der Waals surface area contributed by atoms with Crippen molar-refractivity contribution in [2.75, 3.05) is 38.6 Å². The second kappa shape index (κ2) is 11.3. The number of likely N-dealkylation sites (N-methyl/N-ethyl adjacent to an activating group) is 1. The van der Waals surface area contributed by atoms with E-state index < -0.39 is 5.82 Å². The second-order valence-corrected chi connectivity index (χ2v) is 12.2. The predicted molar refractivity (Wildman–Crippen MR) is 166 cm³/mol. The van der Waals surface area contributed by atoms with Gasteiger partial charge in [0.1, 0.15) is 16.8 Å². The summed E-state index contributed by atoms with van der Waals surface area (Å²) in [4.78, 5) is 28.1. The highest BCUT2D eigenvalue weighted by molar-refractivity contribution is 6.37. The Morgan fingerprint density at radius 3 is 2.72 bits per heavy atom. The standard InChI is InChI=1S/C31H30Cl2FN7O2/c1-4-25(43)40-10-8-18(11-17(40)7-9-35)41-16-36-29-30(41)22-13-24(33)26(21-12-20(42)5-6-23(21)32)27(34)28(22)37-31(29)39-14-19(15-39)38(2)3/h4-6,12-13,16-19,42H,1,7-8,10-11,14-15H2,2-3H3/t17-,18+/m1/s1. The highest BCUT2D eigenvalue weighted by Gasteiger charge is 2.35. The first-order valence-corrected chi connectivity index (χ1v) is 14.8. The van der Waals surface area contributed by atoms with Gasteiger partial charge in [0.25, 0.3) is 0 Å². The minimum absolute atomic E-state index is 0.0547. The van der Waals surface area contributed by atoms with Crippen molar-refractivity contribution in [3.8, 4) is 22.9 Å². The predicted octanol–water partition coefficient (Wildman–Crippen LogP) is 5.78. The Labute approximate surface area is 258 Å². The van der Waals surface area contributed by atoms with E-state index in [-0.39, 0.29) is 56.9 Å². The maximum Gasteiger partial charge on any atom is 0.246 e. The third-order valence-corrected chi connectivity index (χ3v) is 9.28. The number of phenols is 1. The number of benzene rings is 2. The number of nitrogens with zero attached hydrogens (tertiary/aromatic N) is 7. The maximum atomic E-state index is 16.6. The van der Waals surface area contributed by atoms with Gasteiger partial charge in [-0.1, -0.05) is 29.8 Å². The van der Waals surface area contributed by atoms with Crippen LogP contribution in [0.3, 0.4) is 0 Å². The van der Waals surface area contributed by atoms with Crippen molar-refractivity contribution in [1.82, 2.24) is 24.3 Å². The summed E-state index contributed by atoms with van der Waals surface area (Å²) < 4.78 is 18.6. The van der Waals surface area contributed by atoms with Gasteiger partial charge in [-0.05, 0) is 57.3 Å². The van der Waals surface area contributed by atoms with E-state index in [1.807, 2.05) is 18.7 Å². The van der Waals surface area contributed by atoms with Gasteiger partial charge in [0, 0.05) is 59.3 Å². The van der Waals surface area contributed by atoms with Crippen molar-refractivity contribution >= 4 is 56.9 Å². The molecule has 0 spiro atoms. The van der Waals surface area contributed by atoms with Crippen LogP contribution in [0.4, 0.5) is 10.2 Å². The number of piperidine rings is 1. The lowest BCUT2D eigenvalue weighted by atomic mass is 9.94. The first-order chi connectivity index (χ1) is 20.6. The average Bonchev–Trinajstić information content (AvgIpc) is 3.40. The first-order valence-electron chi connectivity index (χ1n) is 14.0. The van der Waals surface area contributed by atoms with E-state index >= 15 is 4.39 Å². The van der Waals surface area contributed by atoms with E-state index in [9.17, 15) is 15.2 Å². The molecule has 2 aliphatic heterocycles. The zero-order chi connectivity index (χ0) is 30.6. The van der Waals surface area contributed by atoms with Crippen molar-refractivity contribution in [3.05, 3.63) is 59.1 Å². The lowest BCUT2D eigenvalue weighted by molar-refractivity contribution is -0.130. The van der Waals surface area contributed by atoms with Gasteiger partial charge in [0.2, 0.25) is 5.91 Å². The number of halogens is 3. The summed E-state index contributed by atoms with van der Waals surface area (Å²) in [5.41, 5.74) is 1.75. The molecule has 6 rings (SSSR count). The highest BCUT2D eigenvalue weighted by atomic mass is 35.5. The number of carbonyl (C=O) groups excluding carboxylic acids is 1. The van der Waals surface area contributed by atoms with Gasteiger partial charge in [-0.25, -0.2) is 14.4 Å². The van der Waals surface area contributed by atoms with Crippen LogP contribution >= 0.6 is 23.2 Å². The maximum absolute atomic E-state index is 16.6. The summed E-state index contributed by atoms with van der Waals surface area (Å²) in [6.45, 7) is 5.48. The number of likely N-dealkylation sites (tertiary alicyclic amines) is 1. The number of phenolic OH excluding ortho intramolecular Hbond substituents is 1. The van der Waals surface area contributed by atoms with Crippen molar-refractivity contribution in [1.29, 1.82) is 5.26 Å². The van der Waals surface area contributed by atoms with Crippen LogP contribution in [-0.2, 0) is 4.79 Å². The van der Waals surface area contributed by atoms with Gasteiger partial charge >= 0.3 is 0 Å². The molecular weight excluding hydrogens is 592 g/mol. The summed E-state index contributed by atoms with van der Waals surface area (Å²) in [6.07, 6.45) is 4.34. The van der Waals surface area contributed by atoms with Crippen molar-refractivity contribution in [3.63, 3.8) is 0 Å². The number of pyridine rings is 1. The molecule has 2 aromatic carbocycles.